The Morgan fingerprint density at radius 1 is 1.19 bits per heavy atom. The fourth-order valence-corrected chi connectivity index (χ4v) is 1.82. The van der Waals surface area contributed by atoms with E-state index in [4.69, 9.17) is 5.73 Å². The number of carbonyl (C=O) groups excluding carboxylic acids is 2. The second-order valence-corrected chi connectivity index (χ2v) is 4.19. The summed E-state index contributed by atoms with van der Waals surface area (Å²) in [7, 11) is 0. The summed E-state index contributed by atoms with van der Waals surface area (Å²) in [6.07, 6.45) is 4.37. The number of carbonyl (C=O) groups is 2. The lowest BCUT2D eigenvalue weighted by molar-refractivity contribution is -0.129. The van der Waals surface area contributed by atoms with Crippen molar-refractivity contribution in [2.45, 2.75) is 32.1 Å². The zero-order valence-electron chi connectivity index (χ0n) is 9.71. The number of amides is 2. The minimum Gasteiger partial charge on any atom is -0.370 e. The van der Waals surface area contributed by atoms with E-state index in [9.17, 15) is 9.59 Å². The summed E-state index contributed by atoms with van der Waals surface area (Å²) >= 11 is 0. The molecule has 0 spiro atoms. The van der Waals surface area contributed by atoms with Gasteiger partial charge in [-0.25, -0.2) is 0 Å². The molecule has 16 heavy (non-hydrogen) atoms. The van der Waals surface area contributed by atoms with Gasteiger partial charge >= 0.3 is 0 Å². The highest BCUT2D eigenvalue weighted by Gasteiger charge is 2.16. The molecular formula is C11H21N3O2. The van der Waals surface area contributed by atoms with E-state index in [1.165, 1.54) is 0 Å². The molecule has 1 aliphatic heterocycles. The molecule has 92 valence electrons. The molecule has 1 fully saturated rings. The molecule has 0 atom stereocenters. The molecule has 0 unspecified atom stereocenters. The zero-order chi connectivity index (χ0) is 11.8. The van der Waals surface area contributed by atoms with Crippen LogP contribution in [0.4, 0.5) is 0 Å². The first-order valence-corrected chi connectivity index (χ1v) is 5.97. The average molecular weight is 227 g/mol. The van der Waals surface area contributed by atoms with Gasteiger partial charge in [0.05, 0.1) is 6.54 Å². The fourth-order valence-electron chi connectivity index (χ4n) is 1.82. The van der Waals surface area contributed by atoms with Gasteiger partial charge in [0.15, 0.2) is 0 Å². The third-order valence-electron chi connectivity index (χ3n) is 2.76. The van der Waals surface area contributed by atoms with Crippen LogP contribution in [0.3, 0.4) is 0 Å². The second kappa shape index (κ2) is 7.22. The van der Waals surface area contributed by atoms with E-state index in [2.05, 4.69) is 5.32 Å². The van der Waals surface area contributed by atoms with Gasteiger partial charge in [-0.1, -0.05) is 0 Å². The molecule has 1 rings (SSSR count). The van der Waals surface area contributed by atoms with Crippen molar-refractivity contribution in [3.8, 4) is 0 Å². The lowest BCUT2D eigenvalue weighted by Crippen LogP contribution is -2.36. The maximum Gasteiger partial charge on any atom is 0.236 e. The summed E-state index contributed by atoms with van der Waals surface area (Å²) in [6, 6.07) is 0. The fraction of sp³-hybridized carbons (Fsp3) is 0.818. The Morgan fingerprint density at radius 2 is 1.88 bits per heavy atom. The number of primary amides is 1. The van der Waals surface area contributed by atoms with Crippen LogP contribution in [-0.2, 0) is 9.59 Å². The van der Waals surface area contributed by atoms with Crippen molar-refractivity contribution >= 4 is 11.8 Å². The van der Waals surface area contributed by atoms with Gasteiger partial charge in [-0.3, -0.25) is 9.59 Å². The van der Waals surface area contributed by atoms with Crippen LogP contribution >= 0.6 is 0 Å². The molecule has 1 aliphatic rings. The normalized spacial score (nSPS) is 15.4. The van der Waals surface area contributed by atoms with Gasteiger partial charge < -0.3 is 16.0 Å². The number of nitrogens with one attached hydrogen (secondary N) is 1. The van der Waals surface area contributed by atoms with Crippen molar-refractivity contribution in [2.75, 3.05) is 26.2 Å². The van der Waals surface area contributed by atoms with Crippen molar-refractivity contribution < 1.29 is 9.59 Å². The van der Waals surface area contributed by atoms with Gasteiger partial charge in [0.25, 0.3) is 0 Å². The van der Waals surface area contributed by atoms with Crippen LogP contribution in [0.25, 0.3) is 0 Å². The van der Waals surface area contributed by atoms with Crippen molar-refractivity contribution in [1.82, 2.24) is 10.2 Å². The van der Waals surface area contributed by atoms with Crippen LogP contribution in [0.15, 0.2) is 0 Å². The van der Waals surface area contributed by atoms with E-state index < -0.39 is 0 Å². The largest absolute Gasteiger partial charge is 0.370 e. The van der Waals surface area contributed by atoms with Gasteiger partial charge in [0.1, 0.15) is 0 Å². The average Bonchev–Trinajstić information content (AvgIpc) is 2.75. The number of likely N-dealkylation sites (tertiary alicyclic amines) is 1. The van der Waals surface area contributed by atoms with Crippen molar-refractivity contribution in [3.63, 3.8) is 0 Å². The standard InChI is InChI=1S/C11H21N3O2/c12-10(15)5-1-2-6-13-9-11(16)14-7-3-4-8-14/h13H,1-9H2,(H2,12,15). The van der Waals surface area contributed by atoms with E-state index in [-0.39, 0.29) is 11.8 Å². The molecular weight excluding hydrogens is 206 g/mol. The van der Waals surface area contributed by atoms with Crippen LogP contribution in [0, 0.1) is 0 Å². The van der Waals surface area contributed by atoms with Gasteiger partial charge in [-0.05, 0) is 32.2 Å². The Labute approximate surface area is 96.4 Å². The summed E-state index contributed by atoms with van der Waals surface area (Å²) in [6.45, 7) is 2.99. The summed E-state index contributed by atoms with van der Waals surface area (Å²) in [5, 5.41) is 3.09. The Bertz CT molecular complexity index is 237. The molecule has 5 heteroatoms. The van der Waals surface area contributed by atoms with Crippen LogP contribution in [0.1, 0.15) is 32.1 Å². The molecule has 0 saturated carbocycles. The van der Waals surface area contributed by atoms with E-state index in [1.807, 2.05) is 4.90 Å². The van der Waals surface area contributed by atoms with Gasteiger partial charge in [0, 0.05) is 19.5 Å². The number of nitrogens with zero attached hydrogens (tertiary/aromatic N) is 1. The highest BCUT2D eigenvalue weighted by Crippen LogP contribution is 2.06. The van der Waals surface area contributed by atoms with Crippen molar-refractivity contribution in [2.24, 2.45) is 5.73 Å². The molecule has 1 saturated heterocycles. The Balaban J connectivity index is 1.94. The maximum atomic E-state index is 11.6. The van der Waals surface area contributed by atoms with E-state index in [1.54, 1.807) is 0 Å². The SMILES string of the molecule is NC(=O)CCCCNCC(=O)N1CCCC1. The van der Waals surface area contributed by atoms with E-state index in [0.717, 1.165) is 45.3 Å². The summed E-state index contributed by atoms with van der Waals surface area (Å²) < 4.78 is 0. The van der Waals surface area contributed by atoms with Crippen LogP contribution in [0.2, 0.25) is 0 Å². The topological polar surface area (TPSA) is 75.4 Å². The maximum absolute atomic E-state index is 11.6. The Kier molecular flexibility index (Phi) is 5.85. The van der Waals surface area contributed by atoms with Crippen LogP contribution in [-0.4, -0.2) is 42.9 Å². The minimum absolute atomic E-state index is 0.187. The predicted molar refractivity (Wildman–Crippen MR) is 61.7 cm³/mol. The lowest BCUT2D eigenvalue weighted by Gasteiger charge is -2.15. The minimum atomic E-state index is -0.256. The molecule has 0 aliphatic carbocycles. The van der Waals surface area contributed by atoms with Crippen LogP contribution < -0.4 is 11.1 Å². The van der Waals surface area contributed by atoms with Crippen LogP contribution in [0.5, 0.6) is 0 Å². The van der Waals surface area contributed by atoms with E-state index in [0.29, 0.717) is 13.0 Å². The number of rotatable bonds is 7. The predicted octanol–water partition coefficient (Wildman–Crippen LogP) is -0.146. The Morgan fingerprint density at radius 3 is 2.50 bits per heavy atom. The first-order valence-electron chi connectivity index (χ1n) is 5.97. The number of nitrogens with two attached hydrogens (primary N) is 1. The summed E-state index contributed by atoms with van der Waals surface area (Å²) in [4.78, 5) is 23.9. The highest BCUT2D eigenvalue weighted by molar-refractivity contribution is 5.78. The quantitative estimate of drug-likeness (QED) is 0.594. The molecule has 0 bridgehead atoms. The van der Waals surface area contributed by atoms with Crippen molar-refractivity contribution in [1.29, 1.82) is 0 Å². The summed E-state index contributed by atoms with van der Waals surface area (Å²) in [5.74, 6) is -0.0689. The molecule has 1 heterocycles. The molecule has 0 aromatic rings. The molecule has 0 radical (unpaired) electrons. The van der Waals surface area contributed by atoms with Gasteiger partial charge in [-0.2, -0.15) is 0 Å². The third-order valence-corrected chi connectivity index (χ3v) is 2.76. The van der Waals surface area contributed by atoms with Gasteiger partial charge in [-0.15, -0.1) is 0 Å². The first-order chi connectivity index (χ1) is 7.70. The Hall–Kier alpha value is -1.10. The number of hydrogen-bond acceptors (Lipinski definition) is 3. The van der Waals surface area contributed by atoms with E-state index >= 15 is 0 Å². The third kappa shape index (κ3) is 5.11. The molecule has 0 aromatic heterocycles. The molecule has 3 N–H and O–H groups in total. The van der Waals surface area contributed by atoms with Crippen molar-refractivity contribution in [3.05, 3.63) is 0 Å². The number of hydrogen-bond donors (Lipinski definition) is 2. The highest BCUT2D eigenvalue weighted by atomic mass is 16.2. The smallest absolute Gasteiger partial charge is 0.236 e. The lowest BCUT2D eigenvalue weighted by atomic mass is 10.2. The molecule has 5 nitrogen and oxygen atoms in total. The molecule has 2 amide bonds. The first kappa shape index (κ1) is 13.0. The monoisotopic (exact) mass is 227 g/mol. The zero-order valence-corrected chi connectivity index (χ0v) is 9.71. The summed E-state index contributed by atoms with van der Waals surface area (Å²) in [5.41, 5.74) is 5.02. The number of unbranched alkanes of at least 4 members (excludes halogenated alkanes) is 1. The molecule has 0 aromatic carbocycles. The van der Waals surface area contributed by atoms with Gasteiger partial charge in [0.2, 0.25) is 11.8 Å². The second-order valence-electron chi connectivity index (χ2n) is 4.19.